The lowest BCUT2D eigenvalue weighted by atomic mass is 10.0. The maximum atomic E-state index is 14.5. The molecular formula is C31H26F5N3O5. The van der Waals surface area contributed by atoms with E-state index in [9.17, 15) is 41.9 Å². The number of carboxylic acid groups (broad SMARTS) is 1. The number of pyridine rings is 1. The molecule has 1 N–H and O–H groups in total. The van der Waals surface area contributed by atoms with Crippen LogP contribution < -0.4 is 15.2 Å². The van der Waals surface area contributed by atoms with Crippen molar-refractivity contribution in [1.82, 2.24) is 4.57 Å². The van der Waals surface area contributed by atoms with E-state index in [0.29, 0.717) is 23.3 Å². The molecule has 0 aliphatic rings. The molecule has 2 aromatic heterocycles. The monoisotopic (exact) mass is 615 g/mol. The summed E-state index contributed by atoms with van der Waals surface area (Å²) < 4.78 is 81.8. The summed E-state index contributed by atoms with van der Waals surface area (Å²) in [7, 11) is 0. The molecule has 1 amide bonds. The Morgan fingerprint density at radius 2 is 1.77 bits per heavy atom. The second-order valence-electron chi connectivity index (χ2n) is 10.7. The minimum atomic E-state index is -5.09. The van der Waals surface area contributed by atoms with Crippen molar-refractivity contribution in [3.8, 4) is 34.4 Å². The second kappa shape index (κ2) is 11.9. The van der Waals surface area contributed by atoms with Crippen molar-refractivity contribution in [3.63, 3.8) is 0 Å². The van der Waals surface area contributed by atoms with Crippen LogP contribution in [0.5, 0.6) is 5.75 Å². The number of anilines is 1. The normalized spacial score (nSPS) is 11.7. The number of hydrogen-bond donors (Lipinski definition) is 1. The van der Waals surface area contributed by atoms with Crippen LogP contribution in [0.25, 0.3) is 22.6 Å². The van der Waals surface area contributed by atoms with Crippen LogP contribution in [0.3, 0.4) is 0 Å². The number of nitrogens with zero attached hydrogens (tertiary/aromatic N) is 3. The summed E-state index contributed by atoms with van der Waals surface area (Å²) in [6.07, 6.45) is -5.15. The lowest BCUT2D eigenvalue weighted by Gasteiger charge is -2.34. The summed E-state index contributed by atoms with van der Waals surface area (Å²) in [6.45, 7) is 6.39. The van der Waals surface area contributed by atoms with E-state index in [1.165, 1.54) is 24.5 Å². The highest BCUT2D eigenvalue weighted by atomic mass is 19.4. The quantitative estimate of drug-likeness (QED) is 0.214. The highest BCUT2D eigenvalue weighted by molar-refractivity contribution is 5.91. The van der Waals surface area contributed by atoms with Gasteiger partial charge in [-0.1, -0.05) is 12.1 Å². The molecule has 0 spiro atoms. The van der Waals surface area contributed by atoms with Crippen molar-refractivity contribution in [1.29, 1.82) is 5.26 Å². The number of aromatic nitrogens is 1. The van der Waals surface area contributed by atoms with Crippen molar-refractivity contribution < 1.29 is 41.0 Å². The zero-order chi connectivity index (χ0) is 32.6. The van der Waals surface area contributed by atoms with Gasteiger partial charge in [-0.2, -0.15) is 18.4 Å². The van der Waals surface area contributed by atoms with Gasteiger partial charge in [-0.05, 0) is 63.6 Å². The number of furan rings is 1. The molecule has 0 fully saturated rings. The third-order valence-corrected chi connectivity index (χ3v) is 6.61. The molecule has 0 unspecified atom stereocenters. The fourth-order valence-electron chi connectivity index (χ4n) is 4.68. The fourth-order valence-corrected chi connectivity index (χ4v) is 4.68. The Balaban J connectivity index is 1.92. The first-order chi connectivity index (χ1) is 20.6. The van der Waals surface area contributed by atoms with Crippen molar-refractivity contribution in [2.45, 2.75) is 46.0 Å². The molecule has 230 valence electrons. The van der Waals surface area contributed by atoms with E-state index in [4.69, 9.17) is 9.15 Å². The van der Waals surface area contributed by atoms with Gasteiger partial charge in [0.05, 0.1) is 36.4 Å². The summed E-state index contributed by atoms with van der Waals surface area (Å²) >= 11 is 0. The van der Waals surface area contributed by atoms with E-state index in [2.05, 4.69) is 0 Å². The molecule has 8 nitrogen and oxygen atoms in total. The average molecular weight is 616 g/mol. The van der Waals surface area contributed by atoms with Crippen LogP contribution in [-0.2, 0) is 12.7 Å². The summed E-state index contributed by atoms with van der Waals surface area (Å²) in [5.74, 6) is -1.92. The van der Waals surface area contributed by atoms with Gasteiger partial charge in [-0.25, -0.2) is 13.6 Å². The van der Waals surface area contributed by atoms with Crippen molar-refractivity contribution in [3.05, 3.63) is 93.5 Å². The molecule has 13 heteroatoms. The molecule has 4 aromatic rings. The second-order valence-corrected chi connectivity index (χ2v) is 10.7. The predicted octanol–water partition coefficient (Wildman–Crippen LogP) is 7.67. The number of halogens is 5. The topological polar surface area (TPSA) is 109 Å². The summed E-state index contributed by atoms with van der Waals surface area (Å²) in [5, 5.41) is 19.4. The van der Waals surface area contributed by atoms with Crippen LogP contribution in [0.4, 0.5) is 32.4 Å². The SMILES string of the molecule is CCOc1ccc(-c2coc(-c3cc(C(F)(F)F)c(C#N)c(=O)n3Cc3ccc(F)cc3F)c2)cc1N(C(=O)O)C(C)(C)C. The molecule has 0 saturated heterocycles. The van der Waals surface area contributed by atoms with Gasteiger partial charge in [0, 0.05) is 22.7 Å². The van der Waals surface area contributed by atoms with Crippen molar-refractivity contribution >= 4 is 11.8 Å². The molecule has 0 aliphatic carbocycles. The van der Waals surface area contributed by atoms with Crippen molar-refractivity contribution in [2.75, 3.05) is 11.5 Å². The van der Waals surface area contributed by atoms with E-state index in [0.717, 1.165) is 21.6 Å². The van der Waals surface area contributed by atoms with Crippen LogP contribution in [0.2, 0.25) is 0 Å². The Morgan fingerprint density at radius 3 is 2.34 bits per heavy atom. The van der Waals surface area contributed by atoms with Gasteiger partial charge in [-0.3, -0.25) is 14.3 Å². The lowest BCUT2D eigenvalue weighted by molar-refractivity contribution is -0.137. The smallest absolute Gasteiger partial charge is 0.417 e. The molecule has 0 bridgehead atoms. The first-order valence-electron chi connectivity index (χ1n) is 13.1. The Bertz CT molecular complexity index is 1830. The van der Waals surface area contributed by atoms with E-state index in [1.54, 1.807) is 39.8 Å². The Kier molecular flexibility index (Phi) is 8.58. The number of alkyl halides is 3. The molecule has 4 rings (SSSR count). The molecule has 0 saturated carbocycles. The number of hydrogen-bond acceptors (Lipinski definition) is 5. The largest absolute Gasteiger partial charge is 0.492 e. The maximum Gasteiger partial charge on any atom is 0.417 e. The number of carbonyl (C=O) groups is 1. The van der Waals surface area contributed by atoms with Gasteiger partial charge in [0.25, 0.3) is 5.56 Å². The van der Waals surface area contributed by atoms with E-state index >= 15 is 0 Å². The number of benzene rings is 2. The maximum absolute atomic E-state index is 14.5. The summed E-state index contributed by atoms with van der Waals surface area (Å²) in [4.78, 5) is 26.6. The van der Waals surface area contributed by atoms with E-state index in [1.807, 2.05) is 0 Å². The van der Waals surface area contributed by atoms with Gasteiger partial charge in [0.15, 0.2) is 5.76 Å². The fraction of sp³-hybridized carbons (Fsp3) is 0.258. The van der Waals surface area contributed by atoms with E-state index in [-0.39, 0.29) is 29.4 Å². The molecule has 0 aliphatic heterocycles. The van der Waals surface area contributed by atoms with Crippen LogP contribution in [-0.4, -0.2) is 27.9 Å². The Hall–Kier alpha value is -5.12. The first kappa shape index (κ1) is 31.8. The Morgan fingerprint density at radius 1 is 1.07 bits per heavy atom. The molecule has 2 heterocycles. The van der Waals surface area contributed by atoms with Crippen molar-refractivity contribution in [2.24, 2.45) is 0 Å². The van der Waals surface area contributed by atoms with Gasteiger partial charge >= 0.3 is 12.3 Å². The number of ether oxygens (including phenoxy) is 1. The van der Waals surface area contributed by atoms with Gasteiger partial charge < -0.3 is 14.3 Å². The van der Waals surface area contributed by atoms with Crippen LogP contribution in [0.15, 0.2) is 64.0 Å². The molecule has 0 atom stereocenters. The minimum Gasteiger partial charge on any atom is -0.492 e. The molecule has 44 heavy (non-hydrogen) atoms. The number of amides is 1. The highest BCUT2D eigenvalue weighted by Crippen LogP contribution is 2.39. The Labute approximate surface area is 248 Å². The lowest BCUT2D eigenvalue weighted by Crippen LogP contribution is -2.45. The molecular weight excluding hydrogens is 589 g/mol. The van der Waals surface area contributed by atoms with Gasteiger partial charge in [0.2, 0.25) is 0 Å². The zero-order valence-electron chi connectivity index (χ0n) is 23.9. The number of rotatable bonds is 7. The molecule has 0 radical (unpaired) electrons. The first-order valence-corrected chi connectivity index (χ1v) is 13.1. The summed E-state index contributed by atoms with van der Waals surface area (Å²) in [5.41, 5.74) is -4.72. The third kappa shape index (κ3) is 6.29. The average Bonchev–Trinajstić information content (AvgIpc) is 3.40. The van der Waals surface area contributed by atoms with Crippen LogP contribution in [0, 0.1) is 23.0 Å². The van der Waals surface area contributed by atoms with Crippen LogP contribution >= 0.6 is 0 Å². The zero-order valence-corrected chi connectivity index (χ0v) is 23.9. The van der Waals surface area contributed by atoms with Gasteiger partial charge in [-0.15, -0.1) is 0 Å². The molecule has 2 aromatic carbocycles. The van der Waals surface area contributed by atoms with Gasteiger partial charge in [0.1, 0.15) is 29.0 Å². The van der Waals surface area contributed by atoms with E-state index < -0.39 is 58.4 Å². The summed E-state index contributed by atoms with van der Waals surface area (Å²) in [6, 6.07) is 10.3. The predicted molar refractivity (Wildman–Crippen MR) is 150 cm³/mol. The standard InChI is InChI=1S/C31H26F5N3O5/c1-5-43-26-9-7-17(10-25(26)39(29(41)42)30(2,3)4)19-11-27(44-16-19)24-13-22(31(34,35)36)21(14-37)28(40)38(24)15-18-6-8-20(32)12-23(18)33/h6-13,16H,5,15H2,1-4H3,(H,41,42). The van der Waals surface area contributed by atoms with Crippen LogP contribution in [0.1, 0.15) is 44.4 Å². The third-order valence-electron chi connectivity index (χ3n) is 6.61. The highest BCUT2D eigenvalue weighted by Gasteiger charge is 2.37. The number of nitriles is 1. The minimum absolute atomic E-state index is 0.202.